The van der Waals surface area contributed by atoms with E-state index in [9.17, 15) is 13.2 Å². The van der Waals surface area contributed by atoms with Crippen LogP contribution in [0.5, 0.6) is 0 Å². The molecule has 0 radical (unpaired) electrons. The lowest BCUT2D eigenvalue weighted by Crippen LogP contribution is -2.51. The van der Waals surface area contributed by atoms with E-state index in [1.54, 1.807) is 7.05 Å². The number of halogens is 3. The average Bonchev–Trinajstić information content (AvgIpc) is 3.08. The molecule has 1 aliphatic heterocycles. The molecule has 1 aromatic rings. The number of nitrogens with one attached hydrogen (secondary N) is 2. The number of thiazole rings is 1. The van der Waals surface area contributed by atoms with Crippen LogP contribution in [0.2, 0.25) is 0 Å². The van der Waals surface area contributed by atoms with Crippen molar-refractivity contribution in [3.63, 3.8) is 0 Å². The Morgan fingerprint density at radius 2 is 2.00 bits per heavy atom. The molecule has 0 spiro atoms. The summed E-state index contributed by atoms with van der Waals surface area (Å²) < 4.78 is 37.9. The molecule has 5 nitrogen and oxygen atoms in total. The minimum atomic E-state index is -4.40. The maximum atomic E-state index is 12.6. The first kappa shape index (κ1) is 21.9. The SMILES string of the molecule is CN=C(NCc1nc(C(F)(F)F)cs1)NCC(C(C)C)N1CCC(C)CC1. The number of piperidine rings is 1. The van der Waals surface area contributed by atoms with E-state index in [2.05, 4.69) is 46.3 Å². The fraction of sp³-hybridized carbons (Fsp3) is 0.778. The maximum Gasteiger partial charge on any atom is 0.434 e. The van der Waals surface area contributed by atoms with Crippen molar-refractivity contribution >= 4 is 17.3 Å². The number of rotatable bonds is 6. The molecule has 1 aliphatic rings. The summed E-state index contributed by atoms with van der Waals surface area (Å²) in [6, 6.07) is 0.396. The van der Waals surface area contributed by atoms with Crippen molar-refractivity contribution in [2.75, 3.05) is 26.7 Å². The average molecular weight is 406 g/mol. The fourth-order valence-corrected chi connectivity index (χ4v) is 3.99. The van der Waals surface area contributed by atoms with Gasteiger partial charge in [-0.25, -0.2) is 4.98 Å². The summed E-state index contributed by atoms with van der Waals surface area (Å²) >= 11 is 0.996. The molecule has 2 heterocycles. The molecular formula is C18H30F3N5S. The van der Waals surface area contributed by atoms with Crippen LogP contribution in [0.4, 0.5) is 13.2 Å². The minimum Gasteiger partial charge on any atom is -0.355 e. The van der Waals surface area contributed by atoms with E-state index in [0.717, 1.165) is 42.3 Å². The van der Waals surface area contributed by atoms with Gasteiger partial charge in [-0.3, -0.25) is 9.89 Å². The van der Waals surface area contributed by atoms with Gasteiger partial charge in [0.25, 0.3) is 0 Å². The number of hydrogen-bond donors (Lipinski definition) is 2. The number of hydrogen-bond acceptors (Lipinski definition) is 4. The van der Waals surface area contributed by atoms with Gasteiger partial charge in [0, 0.05) is 25.0 Å². The molecule has 0 saturated carbocycles. The van der Waals surface area contributed by atoms with Gasteiger partial charge in [-0.05, 0) is 37.8 Å². The van der Waals surface area contributed by atoms with Crippen molar-refractivity contribution in [1.82, 2.24) is 20.5 Å². The van der Waals surface area contributed by atoms with E-state index < -0.39 is 11.9 Å². The highest BCUT2D eigenvalue weighted by Gasteiger charge is 2.33. The smallest absolute Gasteiger partial charge is 0.355 e. The number of aliphatic imine (C=N–C) groups is 1. The molecule has 1 aromatic heterocycles. The van der Waals surface area contributed by atoms with Gasteiger partial charge in [-0.2, -0.15) is 13.2 Å². The van der Waals surface area contributed by atoms with Crippen molar-refractivity contribution in [2.45, 2.75) is 52.4 Å². The molecule has 2 N–H and O–H groups in total. The van der Waals surface area contributed by atoms with Crippen LogP contribution in [0.25, 0.3) is 0 Å². The van der Waals surface area contributed by atoms with Gasteiger partial charge in [0.2, 0.25) is 0 Å². The van der Waals surface area contributed by atoms with Crippen LogP contribution in [0.3, 0.4) is 0 Å². The molecule has 1 saturated heterocycles. The van der Waals surface area contributed by atoms with Crippen LogP contribution in [0.15, 0.2) is 10.4 Å². The first-order chi connectivity index (χ1) is 12.7. The Morgan fingerprint density at radius 1 is 1.33 bits per heavy atom. The highest BCUT2D eigenvalue weighted by molar-refractivity contribution is 7.09. The molecule has 1 atom stereocenters. The van der Waals surface area contributed by atoms with Crippen LogP contribution in [-0.2, 0) is 12.7 Å². The zero-order chi connectivity index (χ0) is 20.0. The third kappa shape index (κ3) is 6.64. The number of nitrogens with zero attached hydrogens (tertiary/aromatic N) is 3. The van der Waals surface area contributed by atoms with Gasteiger partial charge in [0.05, 0.1) is 6.54 Å². The van der Waals surface area contributed by atoms with Crippen molar-refractivity contribution in [1.29, 1.82) is 0 Å². The number of guanidine groups is 1. The Bertz CT molecular complexity index is 606. The highest BCUT2D eigenvalue weighted by Crippen LogP contribution is 2.29. The predicted octanol–water partition coefficient (Wildman–Crippen LogP) is 3.58. The standard InChI is InChI=1S/C18H30F3N5S/c1-12(2)14(26-7-5-13(3)6-8-26)9-23-17(22-4)24-10-16-25-15(11-27-16)18(19,20)21/h11-14H,5-10H2,1-4H3,(H2,22,23,24). The predicted molar refractivity (Wildman–Crippen MR) is 104 cm³/mol. The van der Waals surface area contributed by atoms with Crippen molar-refractivity contribution in [3.05, 3.63) is 16.1 Å². The second-order valence-corrected chi connectivity index (χ2v) is 8.40. The molecule has 2 rings (SSSR count). The van der Waals surface area contributed by atoms with Crippen molar-refractivity contribution in [3.8, 4) is 0 Å². The van der Waals surface area contributed by atoms with E-state index in [0.29, 0.717) is 22.9 Å². The summed E-state index contributed by atoms with van der Waals surface area (Å²) in [5.74, 6) is 1.86. The molecule has 0 amide bonds. The van der Waals surface area contributed by atoms with Gasteiger partial charge in [-0.1, -0.05) is 20.8 Å². The summed E-state index contributed by atoms with van der Waals surface area (Å²) in [5, 5.41) is 7.80. The Balaban J connectivity index is 1.85. The van der Waals surface area contributed by atoms with Crippen LogP contribution >= 0.6 is 11.3 Å². The Morgan fingerprint density at radius 3 is 2.52 bits per heavy atom. The Hall–Kier alpha value is -1.35. The zero-order valence-corrected chi connectivity index (χ0v) is 17.3. The monoisotopic (exact) mass is 405 g/mol. The fourth-order valence-electron chi connectivity index (χ4n) is 3.25. The maximum absolute atomic E-state index is 12.6. The van der Waals surface area contributed by atoms with E-state index in [-0.39, 0.29) is 6.54 Å². The second kappa shape index (κ2) is 9.73. The molecule has 27 heavy (non-hydrogen) atoms. The van der Waals surface area contributed by atoms with E-state index in [4.69, 9.17) is 0 Å². The third-order valence-corrected chi connectivity index (χ3v) is 5.86. The lowest BCUT2D eigenvalue weighted by atomic mass is 9.94. The molecule has 0 aliphatic carbocycles. The Kier molecular flexibility index (Phi) is 7.91. The van der Waals surface area contributed by atoms with Gasteiger partial charge in [0.15, 0.2) is 11.7 Å². The summed E-state index contributed by atoms with van der Waals surface area (Å²) in [7, 11) is 1.66. The van der Waals surface area contributed by atoms with Crippen LogP contribution in [-0.4, -0.2) is 48.6 Å². The van der Waals surface area contributed by atoms with E-state index >= 15 is 0 Å². The number of aromatic nitrogens is 1. The molecule has 0 bridgehead atoms. The highest BCUT2D eigenvalue weighted by atomic mass is 32.1. The molecule has 0 aromatic carbocycles. The minimum absolute atomic E-state index is 0.216. The van der Waals surface area contributed by atoms with Crippen LogP contribution in [0, 0.1) is 11.8 Å². The van der Waals surface area contributed by atoms with E-state index in [1.807, 2.05) is 0 Å². The van der Waals surface area contributed by atoms with Gasteiger partial charge in [-0.15, -0.1) is 11.3 Å². The van der Waals surface area contributed by atoms with Crippen molar-refractivity contribution in [2.24, 2.45) is 16.8 Å². The molecule has 1 unspecified atom stereocenters. The summed E-state index contributed by atoms with van der Waals surface area (Å²) in [6.07, 6.45) is -1.95. The van der Waals surface area contributed by atoms with Gasteiger partial charge < -0.3 is 10.6 Å². The quantitative estimate of drug-likeness (QED) is 0.561. The first-order valence-corrected chi connectivity index (χ1v) is 10.3. The molecule has 9 heteroatoms. The third-order valence-electron chi connectivity index (χ3n) is 5.01. The topological polar surface area (TPSA) is 52.6 Å². The largest absolute Gasteiger partial charge is 0.434 e. The first-order valence-electron chi connectivity index (χ1n) is 9.40. The summed E-state index contributed by atoms with van der Waals surface area (Å²) in [4.78, 5) is 10.3. The molecular weight excluding hydrogens is 375 g/mol. The van der Waals surface area contributed by atoms with Crippen LogP contribution < -0.4 is 10.6 Å². The van der Waals surface area contributed by atoms with Gasteiger partial charge in [0.1, 0.15) is 5.01 Å². The summed E-state index contributed by atoms with van der Waals surface area (Å²) in [6.45, 7) is 9.91. The van der Waals surface area contributed by atoms with Crippen molar-refractivity contribution < 1.29 is 13.2 Å². The number of likely N-dealkylation sites (tertiary alicyclic amines) is 1. The Labute approximate surface area is 163 Å². The lowest BCUT2D eigenvalue weighted by molar-refractivity contribution is -0.140. The van der Waals surface area contributed by atoms with Crippen LogP contribution in [0.1, 0.15) is 44.3 Å². The lowest BCUT2D eigenvalue weighted by Gasteiger charge is -2.39. The second-order valence-electron chi connectivity index (χ2n) is 7.46. The van der Waals surface area contributed by atoms with Gasteiger partial charge >= 0.3 is 6.18 Å². The molecule has 154 valence electrons. The molecule has 1 fully saturated rings. The van der Waals surface area contributed by atoms with E-state index in [1.165, 1.54) is 12.8 Å². The number of alkyl halides is 3. The normalized spacial score (nSPS) is 18.7. The summed E-state index contributed by atoms with van der Waals surface area (Å²) in [5.41, 5.74) is -0.841. The zero-order valence-electron chi connectivity index (χ0n) is 16.4.